The first kappa shape index (κ1) is 18.7. The highest BCUT2D eigenvalue weighted by Crippen LogP contribution is 2.24. The van der Waals surface area contributed by atoms with E-state index in [1.165, 1.54) is 0 Å². The Bertz CT molecular complexity index is 736. The summed E-state index contributed by atoms with van der Waals surface area (Å²) in [6.07, 6.45) is 0.876. The van der Waals surface area contributed by atoms with E-state index in [-0.39, 0.29) is 17.9 Å². The van der Waals surface area contributed by atoms with E-state index in [2.05, 4.69) is 24.5 Å². The number of carbonyl (C=O) groups is 2. The highest BCUT2D eigenvalue weighted by atomic mass is 16.2. The third-order valence-electron chi connectivity index (χ3n) is 4.23. The standard InChI is InChI=1S/C21H26N2O2/c1-5-15(4)22-20(24)16-10-12-17(13-11-16)21(25)23-19-9-7-6-8-18(19)14(2)3/h6-15H,5H2,1-4H3,(H,22,24)(H,23,25). The molecule has 0 aliphatic carbocycles. The second kappa shape index (κ2) is 8.47. The van der Waals surface area contributed by atoms with Crippen molar-refractivity contribution < 1.29 is 9.59 Å². The molecular weight excluding hydrogens is 312 g/mol. The maximum absolute atomic E-state index is 12.5. The Balaban J connectivity index is 2.10. The quantitative estimate of drug-likeness (QED) is 0.809. The maximum Gasteiger partial charge on any atom is 0.255 e. The summed E-state index contributed by atoms with van der Waals surface area (Å²) in [5.74, 6) is 0.0246. The molecule has 2 aromatic rings. The van der Waals surface area contributed by atoms with Gasteiger partial charge >= 0.3 is 0 Å². The summed E-state index contributed by atoms with van der Waals surface area (Å²) in [4.78, 5) is 24.6. The average molecular weight is 338 g/mol. The molecule has 0 aromatic heterocycles. The first-order valence-electron chi connectivity index (χ1n) is 8.73. The molecule has 132 valence electrons. The molecule has 0 aliphatic heterocycles. The Hall–Kier alpha value is -2.62. The normalized spacial score (nSPS) is 11.9. The molecule has 2 amide bonds. The van der Waals surface area contributed by atoms with Gasteiger partial charge in [-0.25, -0.2) is 0 Å². The Morgan fingerprint density at radius 2 is 1.44 bits per heavy atom. The van der Waals surface area contributed by atoms with Gasteiger partial charge in [-0.1, -0.05) is 39.0 Å². The number of hydrogen-bond acceptors (Lipinski definition) is 2. The Morgan fingerprint density at radius 3 is 2.00 bits per heavy atom. The first-order chi connectivity index (χ1) is 11.9. The second-order valence-electron chi connectivity index (χ2n) is 6.56. The number of carbonyl (C=O) groups excluding carboxylic acids is 2. The van der Waals surface area contributed by atoms with Crippen LogP contribution in [0.1, 0.15) is 66.3 Å². The van der Waals surface area contributed by atoms with E-state index in [0.717, 1.165) is 17.7 Å². The van der Waals surface area contributed by atoms with Gasteiger partial charge in [-0.2, -0.15) is 0 Å². The van der Waals surface area contributed by atoms with Crippen LogP contribution in [0.15, 0.2) is 48.5 Å². The number of rotatable bonds is 6. The van der Waals surface area contributed by atoms with Crippen LogP contribution in [0.25, 0.3) is 0 Å². The van der Waals surface area contributed by atoms with Crippen LogP contribution >= 0.6 is 0 Å². The van der Waals surface area contributed by atoms with Crippen LogP contribution in [0.3, 0.4) is 0 Å². The number of benzene rings is 2. The number of nitrogens with one attached hydrogen (secondary N) is 2. The van der Waals surface area contributed by atoms with Crippen LogP contribution < -0.4 is 10.6 Å². The molecule has 0 aliphatic rings. The van der Waals surface area contributed by atoms with Gasteiger partial charge in [0.1, 0.15) is 0 Å². The van der Waals surface area contributed by atoms with Crippen molar-refractivity contribution in [3.63, 3.8) is 0 Å². The topological polar surface area (TPSA) is 58.2 Å². The smallest absolute Gasteiger partial charge is 0.255 e. The van der Waals surface area contributed by atoms with Gasteiger partial charge in [0.2, 0.25) is 0 Å². The van der Waals surface area contributed by atoms with Gasteiger partial charge in [-0.3, -0.25) is 9.59 Å². The summed E-state index contributed by atoms with van der Waals surface area (Å²) in [5.41, 5.74) is 3.00. The highest BCUT2D eigenvalue weighted by molar-refractivity contribution is 6.05. The lowest BCUT2D eigenvalue weighted by molar-refractivity contribution is 0.0937. The van der Waals surface area contributed by atoms with Gasteiger partial charge in [0, 0.05) is 22.9 Å². The molecule has 1 unspecified atom stereocenters. The van der Waals surface area contributed by atoms with E-state index in [1.54, 1.807) is 24.3 Å². The van der Waals surface area contributed by atoms with Crippen molar-refractivity contribution in [3.8, 4) is 0 Å². The molecule has 0 heterocycles. The van der Waals surface area contributed by atoms with Crippen molar-refractivity contribution in [1.82, 2.24) is 5.32 Å². The van der Waals surface area contributed by atoms with E-state index in [4.69, 9.17) is 0 Å². The molecular formula is C21H26N2O2. The number of hydrogen-bond donors (Lipinski definition) is 2. The largest absolute Gasteiger partial charge is 0.350 e. The van der Waals surface area contributed by atoms with Gasteiger partial charge in [-0.15, -0.1) is 0 Å². The monoisotopic (exact) mass is 338 g/mol. The lowest BCUT2D eigenvalue weighted by atomic mass is 10.0. The van der Waals surface area contributed by atoms with Crippen molar-refractivity contribution >= 4 is 17.5 Å². The molecule has 0 fully saturated rings. The number of amides is 2. The van der Waals surface area contributed by atoms with Crippen molar-refractivity contribution in [1.29, 1.82) is 0 Å². The zero-order valence-corrected chi connectivity index (χ0v) is 15.3. The molecule has 1 atom stereocenters. The van der Waals surface area contributed by atoms with E-state index in [1.807, 2.05) is 38.1 Å². The summed E-state index contributed by atoms with van der Waals surface area (Å²) < 4.78 is 0. The SMILES string of the molecule is CCC(C)NC(=O)c1ccc(C(=O)Nc2ccccc2C(C)C)cc1. The van der Waals surface area contributed by atoms with Gasteiger partial charge in [0.25, 0.3) is 11.8 Å². The molecule has 0 radical (unpaired) electrons. The zero-order chi connectivity index (χ0) is 18.4. The molecule has 2 N–H and O–H groups in total. The summed E-state index contributed by atoms with van der Waals surface area (Å²) in [7, 11) is 0. The fraction of sp³-hybridized carbons (Fsp3) is 0.333. The lowest BCUT2D eigenvalue weighted by Gasteiger charge is -2.14. The Kier molecular flexibility index (Phi) is 6.34. The minimum atomic E-state index is -0.179. The number of anilines is 1. The third kappa shape index (κ3) is 4.92. The van der Waals surface area contributed by atoms with Crippen LogP contribution in [-0.4, -0.2) is 17.9 Å². The predicted octanol–water partition coefficient (Wildman–Crippen LogP) is 4.59. The Labute approximate surface area is 149 Å². The van der Waals surface area contributed by atoms with E-state index < -0.39 is 0 Å². The molecule has 2 aromatic carbocycles. The van der Waals surface area contributed by atoms with Gasteiger partial charge in [0.15, 0.2) is 0 Å². The fourth-order valence-corrected chi connectivity index (χ4v) is 2.49. The maximum atomic E-state index is 12.5. The minimum absolute atomic E-state index is 0.119. The second-order valence-corrected chi connectivity index (χ2v) is 6.56. The minimum Gasteiger partial charge on any atom is -0.350 e. The summed E-state index contributed by atoms with van der Waals surface area (Å²) in [6, 6.07) is 14.6. The van der Waals surface area contributed by atoms with Crippen LogP contribution in [0.4, 0.5) is 5.69 Å². The van der Waals surface area contributed by atoms with E-state index >= 15 is 0 Å². The molecule has 0 bridgehead atoms. The summed E-state index contributed by atoms with van der Waals surface area (Å²) in [6.45, 7) is 8.17. The first-order valence-corrected chi connectivity index (χ1v) is 8.73. The van der Waals surface area contributed by atoms with Gasteiger partial charge < -0.3 is 10.6 Å². The Morgan fingerprint density at radius 1 is 0.880 bits per heavy atom. The fourth-order valence-electron chi connectivity index (χ4n) is 2.49. The van der Waals surface area contributed by atoms with E-state index in [9.17, 15) is 9.59 Å². The van der Waals surface area contributed by atoms with E-state index in [0.29, 0.717) is 17.0 Å². The van der Waals surface area contributed by atoms with Crippen molar-refractivity contribution in [2.45, 2.75) is 46.1 Å². The summed E-state index contributed by atoms with van der Waals surface area (Å²) >= 11 is 0. The lowest BCUT2D eigenvalue weighted by Crippen LogP contribution is -2.31. The number of para-hydroxylation sites is 1. The highest BCUT2D eigenvalue weighted by Gasteiger charge is 2.13. The average Bonchev–Trinajstić information content (AvgIpc) is 2.61. The molecule has 25 heavy (non-hydrogen) atoms. The zero-order valence-electron chi connectivity index (χ0n) is 15.3. The predicted molar refractivity (Wildman–Crippen MR) is 102 cm³/mol. The van der Waals surface area contributed by atoms with Gasteiger partial charge in [0.05, 0.1) is 0 Å². The van der Waals surface area contributed by atoms with Crippen molar-refractivity contribution in [2.24, 2.45) is 0 Å². The van der Waals surface area contributed by atoms with Crippen LogP contribution in [0, 0.1) is 0 Å². The molecule has 2 rings (SSSR count). The van der Waals surface area contributed by atoms with Crippen molar-refractivity contribution in [3.05, 3.63) is 65.2 Å². The molecule has 4 nitrogen and oxygen atoms in total. The van der Waals surface area contributed by atoms with Crippen LogP contribution in [0.5, 0.6) is 0 Å². The van der Waals surface area contributed by atoms with Crippen molar-refractivity contribution in [2.75, 3.05) is 5.32 Å². The molecule has 0 saturated heterocycles. The third-order valence-corrected chi connectivity index (χ3v) is 4.23. The molecule has 0 spiro atoms. The van der Waals surface area contributed by atoms with Crippen LogP contribution in [-0.2, 0) is 0 Å². The van der Waals surface area contributed by atoms with Gasteiger partial charge in [-0.05, 0) is 55.2 Å². The van der Waals surface area contributed by atoms with Crippen LogP contribution in [0.2, 0.25) is 0 Å². The molecule has 0 saturated carbocycles. The summed E-state index contributed by atoms with van der Waals surface area (Å²) in [5, 5.41) is 5.87. The molecule has 4 heteroatoms.